The highest BCUT2D eigenvalue weighted by atomic mass is 16.6. The van der Waals surface area contributed by atoms with E-state index in [0.717, 1.165) is 116 Å². The largest absolute Gasteiger partial charge is 0.462 e. The molecule has 0 aromatic rings. The van der Waals surface area contributed by atoms with Crippen LogP contribution in [-0.2, 0) is 28.6 Å². The van der Waals surface area contributed by atoms with Gasteiger partial charge < -0.3 is 14.2 Å². The molecular formula is C72H124O6. The molecule has 0 aliphatic heterocycles. The van der Waals surface area contributed by atoms with Crippen molar-refractivity contribution in [2.45, 2.75) is 329 Å². The molecule has 78 heavy (non-hydrogen) atoms. The Hall–Kier alpha value is -3.67. The van der Waals surface area contributed by atoms with Crippen molar-refractivity contribution in [3.63, 3.8) is 0 Å². The Balaban J connectivity index is 4.30. The minimum Gasteiger partial charge on any atom is -0.462 e. The third-order valence-corrected chi connectivity index (χ3v) is 14.3. The van der Waals surface area contributed by atoms with E-state index in [1.54, 1.807) is 0 Å². The molecule has 6 nitrogen and oxygen atoms in total. The number of unbranched alkanes of at least 4 members (excludes halogenated alkanes) is 33. The van der Waals surface area contributed by atoms with Gasteiger partial charge in [-0.2, -0.15) is 0 Å². The molecule has 0 aliphatic rings. The van der Waals surface area contributed by atoms with Crippen molar-refractivity contribution >= 4 is 17.9 Å². The number of esters is 3. The standard InChI is InChI=1S/C72H124O6/c1-4-7-10-13-16-19-22-25-28-30-31-32-33-34-35-36-37-38-39-40-42-44-47-50-53-56-59-62-65-71(74)77-68-69(67-76-70(73)64-61-58-55-52-49-46-43-27-24-21-18-15-12-9-6-3)78-72(75)66-63-60-57-54-51-48-45-41-29-26-23-20-17-14-11-8-5-2/h8-9,11-12,17-18,20-21,26-27,29,43,45,48,54,57,69H,4-7,10,13-16,19,22-25,28,30-42,44,46-47,49-53,55-56,58-68H2,1-3H3/b11-8-,12-9-,20-17-,21-18-,29-26-,43-27-,48-45-,57-54-. The molecular weight excluding hydrogens is 961 g/mol. The van der Waals surface area contributed by atoms with E-state index in [2.05, 4.69) is 118 Å². The van der Waals surface area contributed by atoms with E-state index in [4.69, 9.17) is 14.2 Å². The van der Waals surface area contributed by atoms with Crippen LogP contribution in [0.4, 0.5) is 0 Å². The van der Waals surface area contributed by atoms with Crippen LogP contribution in [-0.4, -0.2) is 37.2 Å². The molecule has 0 fully saturated rings. The maximum absolute atomic E-state index is 12.9. The fraction of sp³-hybridized carbons (Fsp3) is 0.736. The first-order valence-corrected chi connectivity index (χ1v) is 33.2. The van der Waals surface area contributed by atoms with Gasteiger partial charge in [0.2, 0.25) is 0 Å². The van der Waals surface area contributed by atoms with Gasteiger partial charge in [-0.3, -0.25) is 14.4 Å². The second-order valence-corrected chi connectivity index (χ2v) is 22.0. The van der Waals surface area contributed by atoms with Crippen LogP contribution in [0.25, 0.3) is 0 Å². The van der Waals surface area contributed by atoms with E-state index in [1.165, 1.54) is 161 Å². The average Bonchev–Trinajstić information content (AvgIpc) is 3.44. The van der Waals surface area contributed by atoms with Gasteiger partial charge in [-0.25, -0.2) is 0 Å². The van der Waals surface area contributed by atoms with Gasteiger partial charge in [-0.1, -0.05) is 311 Å². The second-order valence-electron chi connectivity index (χ2n) is 22.0. The summed E-state index contributed by atoms with van der Waals surface area (Å²) in [6, 6.07) is 0. The Morgan fingerprint density at radius 2 is 0.513 bits per heavy atom. The minimum atomic E-state index is -0.816. The van der Waals surface area contributed by atoms with Crippen molar-refractivity contribution in [2.24, 2.45) is 0 Å². The Morgan fingerprint density at radius 1 is 0.269 bits per heavy atom. The smallest absolute Gasteiger partial charge is 0.306 e. The van der Waals surface area contributed by atoms with E-state index in [-0.39, 0.29) is 37.5 Å². The van der Waals surface area contributed by atoms with Crippen LogP contribution in [0.5, 0.6) is 0 Å². The van der Waals surface area contributed by atoms with E-state index in [1.807, 2.05) is 0 Å². The molecule has 0 amide bonds. The molecule has 0 rings (SSSR count). The van der Waals surface area contributed by atoms with Gasteiger partial charge in [0.15, 0.2) is 6.10 Å². The Kier molecular flexibility index (Phi) is 62.7. The summed E-state index contributed by atoms with van der Waals surface area (Å²) in [5.74, 6) is -0.970. The lowest BCUT2D eigenvalue weighted by Gasteiger charge is -2.18. The third-order valence-electron chi connectivity index (χ3n) is 14.3. The van der Waals surface area contributed by atoms with Gasteiger partial charge in [0.05, 0.1) is 0 Å². The second kappa shape index (κ2) is 65.8. The zero-order valence-electron chi connectivity index (χ0n) is 51.4. The molecule has 0 N–H and O–H groups in total. The maximum atomic E-state index is 12.9. The summed E-state index contributed by atoms with van der Waals surface area (Å²) in [5.41, 5.74) is 0. The molecule has 0 saturated carbocycles. The highest BCUT2D eigenvalue weighted by Gasteiger charge is 2.19. The molecule has 448 valence electrons. The van der Waals surface area contributed by atoms with Gasteiger partial charge in [-0.05, 0) is 89.9 Å². The summed E-state index contributed by atoms with van der Waals surface area (Å²) >= 11 is 0. The molecule has 0 spiro atoms. The van der Waals surface area contributed by atoms with E-state index >= 15 is 0 Å². The number of rotatable bonds is 60. The van der Waals surface area contributed by atoms with Crippen molar-refractivity contribution in [3.05, 3.63) is 97.2 Å². The topological polar surface area (TPSA) is 78.9 Å². The fourth-order valence-electron chi connectivity index (χ4n) is 9.44. The first kappa shape index (κ1) is 74.3. The lowest BCUT2D eigenvalue weighted by molar-refractivity contribution is -0.167. The lowest BCUT2D eigenvalue weighted by atomic mass is 10.0. The van der Waals surface area contributed by atoms with Gasteiger partial charge >= 0.3 is 17.9 Å². The van der Waals surface area contributed by atoms with E-state index in [9.17, 15) is 14.4 Å². The number of carbonyl (C=O) groups is 3. The number of hydrogen-bond donors (Lipinski definition) is 0. The van der Waals surface area contributed by atoms with Crippen molar-refractivity contribution in [2.75, 3.05) is 13.2 Å². The molecule has 1 unspecified atom stereocenters. The van der Waals surface area contributed by atoms with Gasteiger partial charge in [0.1, 0.15) is 13.2 Å². The van der Waals surface area contributed by atoms with E-state index < -0.39 is 6.10 Å². The van der Waals surface area contributed by atoms with Crippen molar-refractivity contribution in [1.29, 1.82) is 0 Å². The average molecular weight is 1090 g/mol. The molecule has 0 saturated heterocycles. The predicted octanol–water partition coefficient (Wildman–Crippen LogP) is 22.8. The zero-order chi connectivity index (χ0) is 56.4. The van der Waals surface area contributed by atoms with Gasteiger partial charge in [0, 0.05) is 19.3 Å². The van der Waals surface area contributed by atoms with Crippen LogP contribution in [0.15, 0.2) is 97.2 Å². The summed E-state index contributed by atoms with van der Waals surface area (Å²) in [7, 11) is 0. The van der Waals surface area contributed by atoms with Gasteiger partial charge in [0.25, 0.3) is 0 Å². The summed E-state index contributed by atoms with van der Waals surface area (Å²) in [6.45, 7) is 6.39. The fourth-order valence-corrected chi connectivity index (χ4v) is 9.44. The highest BCUT2D eigenvalue weighted by Crippen LogP contribution is 2.17. The first-order chi connectivity index (χ1) is 38.5. The molecule has 0 aromatic carbocycles. The van der Waals surface area contributed by atoms with Crippen LogP contribution in [0.2, 0.25) is 0 Å². The van der Waals surface area contributed by atoms with Gasteiger partial charge in [-0.15, -0.1) is 0 Å². The Labute approximate surface area is 483 Å². The monoisotopic (exact) mass is 1080 g/mol. The maximum Gasteiger partial charge on any atom is 0.306 e. The van der Waals surface area contributed by atoms with Crippen LogP contribution >= 0.6 is 0 Å². The minimum absolute atomic E-state index is 0.104. The molecule has 1 atom stereocenters. The van der Waals surface area contributed by atoms with Crippen molar-refractivity contribution in [3.8, 4) is 0 Å². The SMILES string of the molecule is CC/C=C\C/C=C\C/C=C\C/C=C\C/C=C\CCCC(=O)OC(COC(=O)CCCCCCC/C=C\C/C=C\C/C=C\CC)COC(=O)CCCCCCCCCCCCCCCCCCCCCCCCCCCCCC. The third kappa shape index (κ3) is 63.2. The molecule has 6 heteroatoms. The molecule has 0 heterocycles. The van der Waals surface area contributed by atoms with Crippen molar-refractivity contribution < 1.29 is 28.6 Å². The molecule has 0 aliphatic carbocycles. The van der Waals surface area contributed by atoms with E-state index in [0.29, 0.717) is 19.3 Å². The molecule has 0 aromatic heterocycles. The summed E-state index contributed by atoms with van der Waals surface area (Å²) in [5, 5.41) is 0. The summed E-state index contributed by atoms with van der Waals surface area (Å²) in [6.07, 6.45) is 88.8. The normalized spacial score (nSPS) is 12.7. The molecule has 0 radical (unpaired) electrons. The number of allylic oxidation sites excluding steroid dienone is 16. The van der Waals surface area contributed by atoms with Crippen LogP contribution < -0.4 is 0 Å². The van der Waals surface area contributed by atoms with Crippen LogP contribution in [0.3, 0.4) is 0 Å². The number of carbonyl (C=O) groups excluding carboxylic acids is 3. The zero-order valence-corrected chi connectivity index (χ0v) is 51.4. The number of ether oxygens (including phenoxy) is 3. The number of hydrogen-bond acceptors (Lipinski definition) is 6. The predicted molar refractivity (Wildman–Crippen MR) is 339 cm³/mol. The van der Waals surface area contributed by atoms with Crippen LogP contribution in [0, 0.1) is 0 Å². The quantitative estimate of drug-likeness (QED) is 0.0261. The summed E-state index contributed by atoms with van der Waals surface area (Å²) < 4.78 is 16.9. The first-order valence-electron chi connectivity index (χ1n) is 33.2. The lowest BCUT2D eigenvalue weighted by Crippen LogP contribution is -2.30. The van der Waals surface area contributed by atoms with Crippen molar-refractivity contribution in [1.82, 2.24) is 0 Å². The Bertz CT molecular complexity index is 1530. The van der Waals surface area contributed by atoms with Crippen LogP contribution in [0.1, 0.15) is 323 Å². The summed E-state index contributed by atoms with van der Waals surface area (Å²) in [4.78, 5) is 38.3. The highest BCUT2D eigenvalue weighted by molar-refractivity contribution is 5.71. The molecule has 0 bridgehead atoms. The Morgan fingerprint density at radius 3 is 0.821 bits per heavy atom.